The van der Waals surface area contributed by atoms with E-state index in [2.05, 4.69) is 15.6 Å². The predicted octanol–water partition coefficient (Wildman–Crippen LogP) is 2.93. The molecular formula is C21H23N5O4S. The molecule has 2 aliphatic rings. The maximum Gasteiger partial charge on any atom is 0.327 e. The van der Waals surface area contributed by atoms with E-state index in [9.17, 15) is 19.2 Å². The predicted molar refractivity (Wildman–Crippen MR) is 116 cm³/mol. The standard InChI is InChI=1S/C21H23N5O4S/c1-25-20(30)26(18(29)21(25)9-3-2-4-10-21)13-16(27)23-15-7-5-14(6-8-15)17(28)24-19-22-11-12-31-19/h5-8,11-12H,2-4,9-10,13H2,1H3,(H,23,27)(H,22,24,28). The highest BCUT2D eigenvalue weighted by Gasteiger charge is 2.55. The van der Waals surface area contributed by atoms with Crippen molar-refractivity contribution in [2.75, 3.05) is 24.2 Å². The van der Waals surface area contributed by atoms with Crippen molar-refractivity contribution < 1.29 is 19.2 Å². The van der Waals surface area contributed by atoms with E-state index in [0.717, 1.165) is 24.2 Å². The van der Waals surface area contributed by atoms with Gasteiger partial charge in [-0.3, -0.25) is 24.6 Å². The number of carbonyl (C=O) groups excluding carboxylic acids is 4. The second-order valence-corrected chi connectivity index (χ2v) is 8.64. The van der Waals surface area contributed by atoms with Gasteiger partial charge in [0.15, 0.2) is 5.13 Å². The molecule has 2 fully saturated rings. The van der Waals surface area contributed by atoms with Crippen molar-refractivity contribution in [2.45, 2.75) is 37.6 Å². The third-order valence-electron chi connectivity index (χ3n) is 5.87. The lowest BCUT2D eigenvalue weighted by Gasteiger charge is -2.35. The number of rotatable bonds is 5. The molecular weight excluding hydrogens is 418 g/mol. The molecule has 1 saturated carbocycles. The molecule has 9 nitrogen and oxygen atoms in total. The quantitative estimate of drug-likeness (QED) is 0.693. The Morgan fingerprint density at radius 2 is 1.81 bits per heavy atom. The summed E-state index contributed by atoms with van der Waals surface area (Å²) in [6, 6.07) is 5.91. The summed E-state index contributed by atoms with van der Waals surface area (Å²) in [7, 11) is 1.64. The van der Waals surface area contributed by atoms with Gasteiger partial charge in [-0.15, -0.1) is 11.3 Å². The van der Waals surface area contributed by atoms with Crippen molar-refractivity contribution in [3.05, 3.63) is 41.4 Å². The number of aromatic nitrogens is 1. The molecule has 0 bridgehead atoms. The summed E-state index contributed by atoms with van der Waals surface area (Å²) in [5.74, 6) is -1.06. The van der Waals surface area contributed by atoms with Crippen LogP contribution in [0.25, 0.3) is 0 Å². The summed E-state index contributed by atoms with van der Waals surface area (Å²) in [6.45, 7) is -0.337. The number of hydrogen-bond acceptors (Lipinski definition) is 6. The number of anilines is 2. The second-order valence-electron chi connectivity index (χ2n) is 7.74. The molecule has 1 aromatic heterocycles. The first-order valence-corrected chi connectivity index (χ1v) is 11.0. The van der Waals surface area contributed by atoms with Crippen molar-refractivity contribution in [3.8, 4) is 0 Å². The van der Waals surface area contributed by atoms with Gasteiger partial charge >= 0.3 is 6.03 Å². The summed E-state index contributed by atoms with van der Waals surface area (Å²) in [4.78, 5) is 56.9. The normalized spacial score (nSPS) is 17.8. The Morgan fingerprint density at radius 3 is 2.45 bits per heavy atom. The lowest BCUT2D eigenvalue weighted by Crippen LogP contribution is -2.49. The fraction of sp³-hybridized carbons (Fsp3) is 0.381. The van der Waals surface area contributed by atoms with Crippen LogP contribution in [0.1, 0.15) is 42.5 Å². The molecule has 31 heavy (non-hydrogen) atoms. The molecule has 1 spiro atoms. The number of imide groups is 1. The van der Waals surface area contributed by atoms with Gasteiger partial charge in [0.25, 0.3) is 11.8 Å². The van der Waals surface area contributed by atoms with Crippen molar-refractivity contribution in [1.29, 1.82) is 0 Å². The van der Waals surface area contributed by atoms with Gasteiger partial charge in [0, 0.05) is 29.9 Å². The summed E-state index contributed by atoms with van der Waals surface area (Å²) < 4.78 is 0. The number of hydrogen-bond donors (Lipinski definition) is 2. The summed E-state index contributed by atoms with van der Waals surface area (Å²) in [6.07, 6.45) is 5.71. The third kappa shape index (κ3) is 4.02. The van der Waals surface area contributed by atoms with E-state index in [0.29, 0.717) is 29.2 Å². The van der Waals surface area contributed by atoms with Gasteiger partial charge in [-0.2, -0.15) is 0 Å². The highest BCUT2D eigenvalue weighted by atomic mass is 32.1. The third-order valence-corrected chi connectivity index (χ3v) is 6.56. The molecule has 5 amide bonds. The number of likely N-dealkylation sites (N-methyl/N-ethyl adjacent to an activating group) is 1. The molecule has 1 aliphatic carbocycles. The zero-order chi connectivity index (χ0) is 22.0. The summed E-state index contributed by atoms with van der Waals surface area (Å²) in [5.41, 5.74) is 0.0804. The van der Waals surface area contributed by atoms with Gasteiger partial charge in [0.1, 0.15) is 12.1 Å². The van der Waals surface area contributed by atoms with Gasteiger partial charge in [0.05, 0.1) is 0 Å². The maximum atomic E-state index is 13.0. The molecule has 0 atom stereocenters. The van der Waals surface area contributed by atoms with E-state index >= 15 is 0 Å². The van der Waals surface area contributed by atoms with Crippen LogP contribution in [0, 0.1) is 0 Å². The van der Waals surface area contributed by atoms with E-state index < -0.39 is 17.5 Å². The van der Waals surface area contributed by atoms with Crippen LogP contribution >= 0.6 is 11.3 Å². The monoisotopic (exact) mass is 441 g/mol. The molecule has 162 valence electrons. The fourth-order valence-electron chi connectivity index (χ4n) is 4.17. The first-order chi connectivity index (χ1) is 14.9. The van der Waals surface area contributed by atoms with Crippen LogP contribution in [0.5, 0.6) is 0 Å². The van der Waals surface area contributed by atoms with Gasteiger partial charge in [-0.05, 0) is 37.1 Å². The lowest BCUT2D eigenvalue weighted by molar-refractivity contribution is -0.136. The summed E-state index contributed by atoms with van der Waals surface area (Å²) >= 11 is 1.32. The van der Waals surface area contributed by atoms with Crippen LogP contribution in [0.15, 0.2) is 35.8 Å². The number of nitrogens with zero attached hydrogens (tertiary/aromatic N) is 3. The Balaban J connectivity index is 1.37. The van der Waals surface area contributed by atoms with Gasteiger partial charge in [-0.1, -0.05) is 19.3 Å². The van der Waals surface area contributed by atoms with E-state index in [1.807, 2.05) is 0 Å². The Bertz CT molecular complexity index is 999. The SMILES string of the molecule is CN1C(=O)N(CC(=O)Nc2ccc(C(=O)Nc3nccs3)cc2)C(=O)C12CCCCC2. The molecule has 10 heteroatoms. The largest absolute Gasteiger partial charge is 0.327 e. The van der Waals surface area contributed by atoms with Crippen LogP contribution in [0.2, 0.25) is 0 Å². The average molecular weight is 442 g/mol. The molecule has 4 rings (SSSR count). The van der Waals surface area contributed by atoms with Crippen molar-refractivity contribution in [3.63, 3.8) is 0 Å². The molecule has 2 aromatic rings. The molecule has 1 aromatic carbocycles. The van der Waals surface area contributed by atoms with Gasteiger partial charge in [-0.25, -0.2) is 9.78 Å². The fourth-order valence-corrected chi connectivity index (χ4v) is 4.70. The highest BCUT2D eigenvalue weighted by molar-refractivity contribution is 7.13. The molecule has 1 saturated heterocycles. The number of carbonyl (C=O) groups is 4. The van der Waals surface area contributed by atoms with Crippen LogP contribution in [-0.2, 0) is 9.59 Å². The highest BCUT2D eigenvalue weighted by Crippen LogP contribution is 2.39. The first-order valence-electron chi connectivity index (χ1n) is 10.1. The maximum absolute atomic E-state index is 13.0. The average Bonchev–Trinajstić information content (AvgIpc) is 3.34. The van der Waals surface area contributed by atoms with Gasteiger partial charge < -0.3 is 10.2 Å². The molecule has 0 unspecified atom stereocenters. The minimum absolute atomic E-state index is 0.288. The lowest BCUT2D eigenvalue weighted by atomic mass is 9.81. The summed E-state index contributed by atoms with van der Waals surface area (Å²) in [5, 5.41) is 7.63. The van der Waals surface area contributed by atoms with Crippen LogP contribution in [0.4, 0.5) is 15.6 Å². The number of benzene rings is 1. The zero-order valence-electron chi connectivity index (χ0n) is 17.1. The smallest absolute Gasteiger partial charge is 0.325 e. The van der Waals surface area contributed by atoms with Crippen molar-refractivity contribution in [2.24, 2.45) is 0 Å². The molecule has 2 heterocycles. The Kier molecular flexibility index (Phi) is 5.73. The van der Waals surface area contributed by atoms with E-state index in [4.69, 9.17) is 0 Å². The van der Waals surface area contributed by atoms with Crippen LogP contribution in [-0.4, -0.2) is 57.7 Å². The Labute approximate surface area is 183 Å². The van der Waals surface area contributed by atoms with Crippen molar-refractivity contribution >= 4 is 45.9 Å². The minimum Gasteiger partial charge on any atom is -0.325 e. The Hall–Kier alpha value is -3.27. The number of urea groups is 1. The van der Waals surface area contributed by atoms with Crippen LogP contribution < -0.4 is 10.6 Å². The topological polar surface area (TPSA) is 112 Å². The molecule has 1 aliphatic heterocycles. The number of thiazole rings is 1. The number of amides is 5. The van der Waals surface area contributed by atoms with Crippen LogP contribution in [0.3, 0.4) is 0 Å². The van der Waals surface area contributed by atoms with E-state index in [1.165, 1.54) is 16.2 Å². The van der Waals surface area contributed by atoms with Crippen molar-refractivity contribution in [1.82, 2.24) is 14.8 Å². The van der Waals surface area contributed by atoms with E-state index in [1.54, 1.807) is 42.9 Å². The van der Waals surface area contributed by atoms with E-state index in [-0.39, 0.29) is 18.4 Å². The zero-order valence-corrected chi connectivity index (χ0v) is 17.9. The Morgan fingerprint density at radius 1 is 1.10 bits per heavy atom. The first kappa shape index (κ1) is 21.0. The van der Waals surface area contributed by atoms with Gasteiger partial charge in [0.2, 0.25) is 5.91 Å². The molecule has 0 radical (unpaired) electrons. The minimum atomic E-state index is -0.804. The number of nitrogens with one attached hydrogen (secondary N) is 2. The molecule has 2 N–H and O–H groups in total. The second kappa shape index (κ2) is 8.46.